The molecule has 5 rings (SSSR count). The largest absolute Gasteiger partial charge is 0.457 e. The average Bonchev–Trinajstić information content (AvgIpc) is 3.47. The number of nitrogens with one attached hydrogen (secondary N) is 1. The Morgan fingerprint density at radius 3 is 2.58 bits per heavy atom. The lowest BCUT2D eigenvalue weighted by molar-refractivity contribution is -0.111. The fraction of sp³-hybridized carbons (Fsp3) is 0.0714. The Morgan fingerprint density at radius 1 is 0.879 bits per heavy atom. The molecule has 5 heteroatoms. The van der Waals surface area contributed by atoms with Crippen LogP contribution in [0.3, 0.4) is 0 Å². The van der Waals surface area contributed by atoms with E-state index in [9.17, 15) is 4.79 Å². The van der Waals surface area contributed by atoms with Crippen LogP contribution >= 0.6 is 0 Å². The van der Waals surface area contributed by atoms with Gasteiger partial charge in [0.25, 0.3) is 0 Å². The van der Waals surface area contributed by atoms with Crippen LogP contribution < -0.4 is 5.32 Å². The van der Waals surface area contributed by atoms with Gasteiger partial charge in [0.2, 0.25) is 11.8 Å². The molecular formula is C28H22N2O3. The second-order valence-corrected chi connectivity index (χ2v) is 7.91. The van der Waals surface area contributed by atoms with Gasteiger partial charge >= 0.3 is 0 Å². The van der Waals surface area contributed by atoms with Crippen molar-refractivity contribution in [2.75, 3.05) is 5.32 Å². The molecule has 0 bridgehead atoms. The maximum absolute atomic E-state index is 12.6. The molecule has 0 radical (unpaired) electrons. The first kappa shape index (κ1) is 20.5. The number of hydrogen-bond acceptors (Lipinski definition) is 4. The van der Waals surface area contributed by atoms with Gasteiger partial charge in [-0.15, -0.1) is 0 Å². The Kier molecular flexibility index (Phi) is 5.37. The highest BCUT2D eigenvalue weighted by atomic mass is 16.3. The minimum absolute atomic E-state index is 0.249. The number of anilines is 1. The molecule has 0 aliphatic heterocycles. The van der Waals surface area contributed by atoms with E-state index < -0.39 is 0 Å². The Labute approximate surface area is 191 Å². The van der Waals surface area contributed by atoms with E-state index in [0.29, 0.717) is 17.3 Å². The molecule has 0 aliphatic carbocycles. The number of carbonyl (C=O) groups excluding carboxylic acids is 1. The number of fused-ring (bicyclic) bond motifs is 1. The normalized spacial score (nSPS) is 11.3. The summed E-state index contributed by atoms with van der Waals surface area (Å²) in [6.45, 7) is 3.96. The number of aryl methyl sites for hydroxylation is 2. The van der Waals surface area contributed by atoms with Crippen molar-refractivity contribution >= 4 is 28.8 Å². The van der Waals surface area contributed by atoms with Crippen molar-refractivity contribution in [2.45, 2.75) is 13.8 Å². The molecule has 0 atom stereocenters. The molecule has 0 aliphatic rings. The van der Waals surface area contributed by atoms with Gasteiger partial charge in [0.05, 0.1) is 0 Å². The van der Waals surface area contributed by atoms with Crippen LogP contribution in [0.4, 0.5) is 5.69 Å². The lowest BCUT2D eigenvalue weighted by atomic mass is 10.1. The molecule has 1 amide bonds. The molecule has 2 heterocycles. The Hall–Kier alpha value is -4.38. The van der Waals surface area contributed by atoms with Gasteiger partial charge in [-0.3, -0.25) is 4.79 Å². The molecule has 2 aromatic heterocycles. The number of rotatable bonds is 5. The number of hydrogen-bond donors (Lipinski definition) is 1. The molecule has 1 N–H and O–H groups in total. The van der Waals surface area contributed by atoms with Gasteiger partial charge in [-0.2, -0.15) is 0 Å². The van der Waals surface area contributed by atoms with E-state index in [2.05, 4.69) is 10.3 Å². The van der Waals surface area contributed by atoms with Crippen LogP contribution in [0.25, 0.3) is 40.0 Å². The molecular weight excluding hydrogens is 412 g/mol. The molecule has 5 aromatic rings. The van der Waals surface area contributed by atoms with Gasteiger partial charge in [-0.1, -0.05) is 42.5 Å². The van der Waals surface area contributed by atoms with Gasteiger partial charge in [0.1, 0.15) is 17.0 Å². The maximum atomic E-state index is 12.6. The number of amides is 1. The second kappa shape index (κ2) is 8.63. The lowest BCUT2D eigenvalue weighted by Crippen LogP contribution is -2.09. The highest BCUT2D eigenvalue weighted by Gasteiger charge is 2.11. The van der Waals surface area contributed by atoms with Gasteiger partial charge in [-0.05, 0) is 67.4 Å². The van der Waals surface area contributed by atoms with Crippen molar-refractivity contribution in [1.82, 2.24) is 4.98 Å². The summed E-state index contributed by atoms with van der Waals surface area (Å²) in [7, 11) is 0. The SMILES string of the molecule is Cc1ccc2nc(-c3ccc(C)c(NC(=O)/C=C/c4ccc(-c5ccccc5)o4)c3)oc2c1. The molecule has 5 nitrogen and oxygen atoms in total. The van der Waals surface area contributed by atoms with Crippen molar-refractivity contribution in [3.05, 3.63) is 102 Å². The van der Waals surface area contributed by atoms with E-state index in [-0.39, 0.29) is 5.91 Å². The summed E-state index contributed by atoms with van der Waals surface area (Å²) in [5, 5.41) is 2.94. The summed E-state index contributed by atoms with van der Waals surface area (Å²) in [5.74, 6) is 1.63. The minimum atomic E-state index is -0.249. The summed E-state index contributed by atoms with van der Waals surface area (Å²) in [5.41, 5.74) is 6.09. The summed E-state index contributed by atoms with van der Waals surface area (Å²) in [6.07, 6.45) is 3.12. The third kappa shape index (κ3) is 4.48. The molecule has 162 valence electrons. The molecule has 33 heavy (non-hydrogen) atoms. The molecule has 0 spiro atoms. The van der Waals surface area contributed by atoms with Crippen molar-refractivity contribution < 1.29 is 13.6 Å². The lowest BCUT2D eigenvalue weighted by Gasteiger charge is -2.07. The van der Waals surface area contributed by atoms with E-state index in [1.54, 1.807) is 6.08 Å². The first-order valence-corrected chi connectivity index (χ1v) is 10.7. The third-order valence-corrected chi connectivity index (χ3v) is 5.37. The summed E-state index contributed by atoms with van der Waals surface area (Å²) < 4.78 is 11.7. The first-order chi connectivity index (χ1) is 16.0. The van der Waals surface area contributed by atoms with E-state index in [1.807, 2.05) is 92.7 Å². The molecule has 0 fully saturated rings. The van der Waals surface area contributed by atoms with Crippen LogP contribution in [0.5, 0.6) is 0 Å². The topological polar surface area (TPSA) is 68.3 Å². The van der Waals surface area contributed by atoms with Crippen molar-refractivity contribution in [3.8, 4) is 22.8 Å². The van der Waals surface area contributed by atoms with E-state index in [4.69, 9.17) is 8.83 Å². The monoisotopic (exact) mass is 434 g/mol. The Bertz CT molecular complexity index is 1480. The predicted molar refractivity (Wildman–Crippen MR) is 131 cm³/mol. The van der Waals surface area contributed by atoms with Gasteiger partial charge in [0.15, 0.2) is 5.58 Å². The fourth-order valence-electron chi connectivity index (χ4n) is 3.58. The van der Waals surface area contributed by atoms with Crippen LogP contribution in [0.1, 0.15) is 16.9 Å². The average molecular weight is 434 g/mol. The zero-order valence-electron chi connectivity index (χ0n) is 18.3. The fourth-order valence-corrected chi connectivity index (χ4v) is 3.58. The minimum Gasteiger partial charge on any atom is -0.457 e. The van der Waals surface area contributed by atoms with E-state index >= 15 is 0 Å². The standard InChI is InChI=1S/C28H22N2O3/c1-18-8-13-23-26(16-18)33-28(30-23)21-10-9-19(2)24(17-21)29-27(31)15-12-22-11-14-25(32-22)20-6-4-3-5-7-20/h3-17H,1-2H3,(H,29,31)/b15-12+. The third-order valence-electron chi connectivity index (χ3n) is 5.37. The van der Waals surface area contributed by atoms with Crippen molar-refractivity contribution in [1.29, 1.82) is 0 Å². The second-order valence-electron chi connectivity index (χ2n) is 7.91. The van der Waals surface area contributed by atoms with Gasteiger partial charge in [-0.25, -0.2) is 4.98 Å². The molecule has 0 saturated heterocycles. The maximum Gasteiger partial charge on any atom is 0.248 e. The van der Waals surface area contributed by atoms with Gasteiger partial charge < -0.3 is 14.2 Å². The summed E-state index contributed by atoms with van der Waals surface area (Å²) >= 11 is 0. The zero-order valence-corrected chi connectivity index (χ0v) is 18.3. The van der Waals surface area contributed by atoms with E-state index in [1.165, 1.54) is 6.08 Å². The molecule has 0 unspecified atom stereocenters. The van der Waals surface area contributed by atoms with E-state index in [0.717, 1.165) is 39.1 Å². The smallest absolute Gasteiger partial charge is 0.248 e. The van der Waals surface area contributed by atoms with Crippen LogP contribution in [0.15, 0.2) is 93.8 Å². The van der Waals surface area contributed by atoms with Crippen molar-refractivity contribution in [2.24, 2.45) is 0 Å². The predicted octanol–water partition coefficient (Wildman–Crippen LogP) is 7.02. The highest BCUT2D eigenvalue weighted by molar-refractivity contribution is 6.02. The van der Waals surface area contributed by atoms with Crippen molar-refractivity contribution in [3.63, 3.8) is 0 Å². The number of furan rings is 1. The van der Waals surface area contributed by atoms with Gasteiger partial charge in [0, 0.05) is 22.9 Å². The van der Waals surface area contributed by atoms with Crippen LogP contribution in [0, 0.1) is 13.8 Å². The van der Waals surface area contributed by atoms with Crippen LogP contribution in [0.2, 0.25) is 0 Å². The summed E-state index contributed by atoms with van der Waals surface area (Å²) in [4.78, 5) is 17.1. The van der Waals surface area contributed by atoms with Crippen LogP contribution in [-0.4, -0.2) is 10.9 Å². The number of carbonyl (C=O) groups is 1. The number of nitrogens with zero attached hydrogens (tertiary/aromatic N) is 1. The number of oxazole rings is 1. The first-order valence-electron chi connectivity index (χ1n) is 10.7. The molecule has 3 aromatic carbocycles. The quantitative estimate of drug-likeness (QED) is 0.302. The van der Waals surface area contributed by atoms with Crippen LogP contribution in [-0.2, 0) is 4.79 Å². The summed E-state index contributed by atoms with van der Waals surface area (Å²) in [6, 6.07) is 25.2. The highest BCUT2D eigenvalue weighted by Crippen LogP contribution is 2.28. The molecule has 0 saturated carbocycles. The zero-order chi connectivity index (χ0) is 22.8. The number of benzene rings is 3. The Balaban J connectivity index is 1.32. The Morgan fingerprint density at radius 2 is 1.73 bits per heavy atom. The number of aromatic nitrogens is 1.